The van der Waals surface area contributed by atoms with Crippen molar-refractivity contribution in [2.75, 3.05) is 19.9 Å². The van der Waals surface area contributed by atoms with E-state index in [1.165, 1.54) is 6.20 Å². The van der Waals surface area contributed by atoms with E-state index in [2.05, 4.69) is 17.4 Å². The van der Waals surface area contributed by atoms with E-state index in [-0.39, 0.29) is 36.2 Å². The topological polar surface area (TPSA) is 93.9 Å². The number of hydrogen-bond donors (Lipinski definition) is 1. The van der Waals surface area contributed by atoms with Crippen LogP contribution in [-0.4, -0.2) is 41.8 Å². The maximum absolute atomic E-state index is 12.5. The molecule has 0 saturated carbocycles. The summed E-state index contributed by atoms with van der Waals surface area (Å²) in [6.07, 6.45) is 3.66. The second-order valence-corrected chi connectivity index (χ2v) is 7.51. The van der Waals surface area contributed by atoms with E-state index >= 15 is 0 Å². The summed E-state index contributed by atoms with van der Waals surface area (Å²) in [5.41, 5.74) is 0.974. The number of likely N-dealkylation sites (tertiary alicyclic amines) is 1. The molecule has 0 radical (unpaired) electrons. The van der Waals surface area contributed by atoms with E-state index in [0.29, 0.717) is 31.8 Å². The Morgan fingerprint density at radius 3 is 2.86 bits per heavy atom. The number of piperidine rings is 1. The van der Waals surface area contributed by atoms with E-state index in [4.69, 9.17) is 14.0 Å². The van der Waals surface area contributed by atoms with E-state index in [9.17, 15) is 9.59 Å². The largest absolute Gasteiger partial charge is 0.454 e. The molecule has 2 atom stereocenters. The van der Waals surface area contributed by atoms with E-state index < -0.39 is 0 Å². The monoisotopic (exact) mass is 399 g/mol. The zero-order valence-electron chi connectivity index (χ0n) is 16.4. The molecule has 0 unspecified atom stereocenters. The van der Waals surface area contributed by atoms with E-state index in [0.717, 1.165) is 24.2 Å². The Hall–Kier alpha value is -3.03. The van der Waals surface area contributed by atoms with Crippen LogP contribution in [-0.2, 0) is 11.3 Å². The second kappa shape index (κ2) is 8.55. The molecule has 2 aliphatic heterocycles. The zero-order valence-corrected chi connectivity index (χ0v) is 16.4. The molecular formula is C21H25N3O5. The number of ether oxygens (including phenoxy) is 2. The third kappa shape index (κ3) is 4.36. The average molecular weight is 399 g/mol. The molecule has 1 fully saturated rings. The van der Waals surface area contributed by atoms with Crippen molar-refractivity contribution in [2.24, 2.45) is 11.8 Å². The molecule has 8 heteroatoms. The highest BCUT2D eigenvalue weighted by Crippen LogP contribution is 2.33. The van der Waals surface area contributed by atoms with Crippen molar-refractivity contribution in [1.82, 2.24) is 15.4 Å². The normalized spacial score (nSPS) is 20.5. The van der Waals surface area contributed by atoms with Crippen LogP contribution in [0.2, 0.25) is 0 Å². The summed E-state index contributed by atoms with van der Waals surface area (Å²) in [5, 5.41) is 6.61. The summed E-state index contributed by atoms with van der Waals surface area (Å²) in [4.78, 5) is 26.8. The van der Waals surface area contributed by atoms with Crippen LogP contribution in [0.4, 0.5) is 0 Å². The minimum atomic E-state index is -0.133. The van der Waals surface area contributed by atoms with Gasteiger partial charge in [0, 0.05) is 32.1 Å². The quantitative estimate of drug-likeness (QED) is 0.802. The predicted octanol–water partition coefficient (Wildman–Crippen LogP) is 2.60. The number of benzene rings is 1. The molecule has 3 heterocycles. The first-order valence-electron chi connectivity index (χ1n) is 9.99. The number of carbonyl (C=O) groups is 2. The maximum atomic E-state index is 12.5. The summed E-state index contributed by atoms with van der Waals surface area (Å²) in [7, 11) is 0. The average Bonchev–Trinajstić information content (AvgIpc) is 3.43. The molecule has 1 aromatic heterocycles. The lowest BCUT2D eigenvalue weighted by Gasteiger charge is -2.37. The molecule has 2 amide bonds. The first kappa shape index (κ1) is 19.3. The molecule has 0 spiro atoms. The third-order valence-electron chi connectivity index (χ3n) is 5.73. The highest BCUT2D eigenvalue weighted by molar-refractivity contribution is 5.91. The molecule has 154 valence electrons. The van der Waals surface area contributed by atoms with Crippen LogP contribution in [0, 0.1) is 11.8 Å². The van der Waals surface area contributed by atoms with Crippen LogP contribution in [0.25, 0.3) is 0 Å². The Kier molecular flexibility index (Phi) is 5.69. The maximum Gasteiger partial charge on any atom is 0.292 e. The SMILES string of the molecule is CC[C@H]1CN(C(=O)c2ccno2)CC[C@H]1CC(=O)NCc1ccc2c(c1)OCO2. The molecule has 1 aromatic carbocycles. The Labute approximate surface area is 169 Å². The lowest BCUT2D eigenvalue weighted by molar-refractivity contribution is -0.123. The second-order valence-electron chi connectivity index (χ2n) is 7.51. The summed E-state index contributed by atoms with van der Waals surface area (Å²) in [6.45, 7) is 4.05. The number of nitrogens with zero attached hydrogens (tertiary/aromatic N) is 2. The standard InChI is InChI=1S/C21H25N3O5/c1-2-15-12-24(21(26)18-5-7-23-29-18)8-6-16(15)10-20(25)22-11-14-3-4-17-19(9-14)28-13-27-17/h3-5,7,9,15-16H,2,6,8,10-13H2,1H3,(H,22,25)/t15-,16-/m0/s1. The van der Waals surface area contributed by atoms with Crippen molar-refractivity contribution < 1.29 is 23.6 Å². The molecule has 2 aliphatic rings. The van der Waals surface area contributed by atoms with Crippen LogP contribution in [0.15, 0.2) is 35.0 Å². The lowest BCUT2D eigenvalue weighted by Crippen LogP contribution is -2.44. The Morgan fingerprint density at radius 1 is 1.21 bits per heavy atom. The molecule has 2 aromatic rings. The summed E-state index contributed by atoms with van der Waals surface area (Å²) < 4.78 is 15.7. The van der Waals surface area contributed by atoms with Gasteiger partial charge in [-0.3, -0.25) is 9.59 Å². The van der Waals surface area contributed by atoms with Gasteiger partial charge < -0.3 is 24.2 Å². The van der Waals surface area contributed by atoms with Crippen molar-refractivity contribution in [3.8, 4) is 11.5 Å². The number of aromatic nitrogens is 1. The third-order valence-corrected chi connectivity index (χ3v) is 5.73. The highest BCUT2D eigenvalue weighted by Gasteiger charge is 2.33. The van der Waals surface area contributed by atoms with Gasteiger partial charge in [0.25, 0.3) is 5.91 Å². The highest BCUT2D eigenvalue weighted by atomic mass is 16.7. The summed E-state index contributed by atoms with van der Waals surface area (Å²) in [6, 6.07) is 7.26. The van der Waals surface area contributed by atoms with Crippen LogP contribution >= 0.6 is 0 Å². The van der Waals surface area contributed by atoms with Gasteiger partial charge in [0.15, 0.2) is 11.5 Å². The van der Waals surface area contributed by atoms with Gasteiger partial charge in [0.2, 0.25) is 18.5 Å². The van der Waals surface area contributed by atoms with Crippen LogP contribution < -0.4 is 14.8 Å². The van der Waals surface area contributed by atoms with Gasteiger partial charge in [-0.25, -0.2) is 0 Å². The smallest absolute Gasteiger partial charge is 0.292 e. The number of hydrogen-bond acceptors (Lipinski definition) is 6. The van der Waals surface area contributed by atoms with Gasteiger partial charge in [0.05, 0.1) is 6.20 Å². The van der Waals surface area contributed by atoms with Crippen molar-refractivity contribution in [2.45, 2.75) is 32.7 Å². The molecule has 1 saturated heterocycles. The molecule has 29 heavy (non-hydrogen) atoms. The van der Waals surface area contributed by atoms with Gasteiger partial charge in [0.1, 0.15) is 0 Å². The van der Waals surface area contributed by atoms with E-state index in [1.54, 1.807) is 11.0 Å². The Bertz CT molecular complexity index is 867. The fraction of sp³-hybridized carbons (Fsp3) is 0.476. The first-order chi connectivity index (χ1) is 14.1. The van der Waals surface area contributed by atoms with Crippen molar-refractivity contribution in [3.05, 3.63) is 41.8 Å². The van der Waals surface area contributed by atoms with Crippen LogP contribution in [0.3, 0.4) is 0 Å². The fourth-order valence-corrected chi connectivity index (χ4v) is 4.04. The van der Waals surface area contributed by atoms with Crippen molar-refractivity contribution >= 4 is 11.8 Å². The molecule has 0 aliphatic carbocycles. The Balaban J connectivity index is 1.28. The molecule has 8 nitrogen and oxygen atoms in total. The summed E-state index contributed by atoms with van der Waals surface area (Å²) >= 11 is 0. The molecule has 0 bridgehead atoms. The number of carbonyl (C=O) groups excluding carboxylic acids is 2. The number of rotatable bonds is 6. The van der Waals surface area contributed by atoms with Crippen LogP contribution in [0.5, 0.6) is 11.5 Å². The minimum absolute atomic E-state index is 0.0288. The molecule has 4 rings (SSSR count). The van der Waals surface area contributed by atoms with Crippen molar-refractivity contribution in [3.63, 3.8) is 0 Å². The zero-order chi connectivity index (χ0) is 20.2. The van der Waals surface area contributed by atoms with Crippen LogP contribution in [0.1, 0.15) is 42.3 Å². The van der Waals surface area contributed by atoms with Gasteiger partial charge in [-0.2, -0.15) is 0 Å². The first-order valence-corrected chi connectivity index (χ1v) is 9.99. The van der Waals surface area contributed by atoms with Gasteiger partial charge in [-0.05, 0) is 36.0 Å². The number of amides is 2. The van der Waals surface area contributed by atoms with Gasteiger partial charge >= 0.3 is 0 Å². The lowest BCUT2D eigenvalue weighted by atomic mass is 9.81. The number of nitrogens with one attached hydrogen (secondary N) is 1. The van der Waals surface area contributed by atoms with Gasteiger partial charge in [-0.1, -0.05) is 24.6 Å². The minimum Gasteiger partial charge on any atom is -0.454 e. The predicted molar refractivity (Wildman–Crippen MR) is 103 cm³/mol. The van der Waals surface area contributed by atoms with E-state index in [1.807, 2.05) is 18.2 Å². The Morgan fingerprint density at radius 2 is 2.07 bits per heavy atom. The fourth-order valence-electron chi connectivity index (χ4n) is 4.04. The van der Waals surface area contributed by atoms with Gasteiger partial charge in [-0.15, -0.1) is 0 Å². The van der Waals surface area contributed by atoms with Crippen molar-refractivity contribution in [1.29, 1.82) is 0 Å². The molecule has 1 N–H and O–H groups in total. The summed E-state index contributed by atoms with van der Waals surface area (Å²) in [5.74, 6) is 2.15. The number of fused-ring (bicyclic) bond motifs is 1. The molecular weight excluding hydrogens is 374 g/mol.